The minimum atomic E-state index is -0.369. The molecule has 5 rings (SSSR count). The number of carbonyl (C=O) groups is 2. The Hall–Kier alpha value is -3.65. The van der Waals surface area contributed by atoms with E-state index in [0.29, 0.717) is 37.1 Å². The summed E-state index contributed by atoms with van der Waals surface area (Å²) in [6.07, 6.45) is 5.39. The molecule has 0 atom stereocenters. The highest BCUT2D eigenvalue weighted by Gasteiger charge is 2.25. The fourth-order valence-electron chi connectivity index (χ4n) is 4.19. The van der Waals surface area contributed by atoms with Gasteiger partial charge in [-0.2, -0.15) is 0 Å². The normalized spacial score (nSPS) is 14.3. The molecule has 6 nitrogen and oxygen atoms in total. The number of fused-ring (bicyclic) bond motifs is 1. The predicted octanol–water partition coefficient (Wildman–Crippen LogP) is 4.80. The van der Waals surface area contributed by atoms with Crippen LogP contribution in [0.15, 0.2) is 84.0 Å². The Morgan fingerprint density at radius 2 is 1.69 bits per heavy atom. The van der Waals surface area contributed by atoms with Crippen molar-refractivity contribution in [3.63, 3.8) is 0 Å². The number of piperidine rings is 1. The number of nitrogens with one attached hydrogen (secondary N) is 1. The van der Waals surface area contributed by atoms with Gasteiger partial charge in [-0.05, 0) is 73.5 Å². The molecule has 1 fully saturated rings. The van der Waals surface area contributed by atoms with Crippen molar-refractivity contribution in [1.29, 1.82) is 0 Å². The quantitative estimate of drug-likeness (QED) is 0.396. The zero-order valence-corrected chi connectivity index (χ0v) is 19.9. The molecule has 0 spiro atoms. The molecule has 0 bridgehead atoms. The number of rotatable bonds is 6. The molecule has 3 heterocycles. The van der Waals surface area contributed by atoms with E-state index < -0.39 is 0 Å². The van der Waals surface area contributed by atoms with E-state index in [2.05, 4.69) is 10.3 Å². The number of carbonyl (C=O) groups excluding carboxylic acids is 2. The van der Waals surface area contributed by atoms with Crippen molar-refractivity contribution in [1.82, 2.24) is 19.6 Å². The first-order valence-electron chi connectivity index (χ1n) is 11.6. The highest BCUT2D eigenvalue weighted by molar-refractivity contribution is 7.98. The number of hydrogen-bond donors (Lipinski definition) is 1. The summed E-state index contributed by atoms with van der Waals surface area (Å²) in [6, 6.07) is 19.1. The number of thioether (sulfide) groups is 1. The van der Waals surface area contributed by atoms with Crippen molar-refractivity contribution >= 4 is 29.2 Å². The molecule has 2 aromatic carbocycles. The Balaban J connectivity index is 1.11. The summed E-state index contributed by atoms with van der Waals surface area (Å²) in [6.45, 7) is 1.16. The van der Waals surface area contributed by atoms with Crippen LogP contribution in [0.4, 0.5) is 4.39 Å². The summed E-state index contributed by atoms with van der Waals surface area (Å²) < 4.78 is 15.1. The van der Waals surface area contributed by atoms with Crippen LogP contribution in [0.1, 0.15) is 39.3 Å². The number of hydrogen-bond acceptors (Lipinski definition) is 4. The van der Waals surface area contributed by atoms with Gasteiger partial charge in [-0.3, -0.25) is 9.59 Å². The van der Waals surface area contributed by atoms with Crippen LogP contribution in [-0.2, 0) is 5.75 Å². The molecule has 0 aliphatic carbocycles. The first-order valence-corrected chi connectivity index (χ1v) is 12.5. The summed E-state index contributed by atoms with van der Waals surface area (Å²) in [5.74, 6) is 0.176. The fraction of sp³-hybridized carbons (Fsp3) is 0.222. The Bertz CT molecular complexity index is 1300. The summed E-state index contributed by atoms with van der Waals surface area (Å²) in [5.41, 5.74) is 3.04. The lowest BCUT2D eigenvalue weighted by Crippen LogP contribution is -2.46. The molecule has 1 aliphatic rings. The van der Waals surface area contributed by atoms with E-state index in [9.17, 15) is 14.0 Å². The molecule has 4 aromatic rings. The molecule has 35 heavy (non-hydrogen) atoms. The van der Waals surface area contributed by atoms with Gasteiger partial charge in [-0.1, -0.05) is 6.07 Å². The summed E-state index contributed by atoms with van der Waals surface area (Å²) in [5, 5.41) is 2.99. The molecule has 8 heteroatoms. The highest BCUT2D eigenvalue weighted by Crippen LogP contribution is 2.24. The van der Waals surface area contributed by atoms with Crippen LogP contribution in [0, 0.1) is 5.82 Å². The second-order valence-corrected chi connectivity index (χ2v) is 9.61. The van der Waals surface area contributed by atoms with E-state index in [-0.39, 0.29) is 23.7 Å². The minimum absolute atomic E-state index is 0.00464. The molecule has 1 saturated heterocycles. The molecule has 178 valence electrons. The van der Waals surface area contributed by atoms with E-state index in [1.807, 2.05) is 64.2 Å². The smallest absolute Gasteiger partial charge is 0.253 e. The Morgan fingerprint density at radius 1 is 0.971 bits per heavy atom. The van der Waals surface area contributed by atoms with Gasteiger partial charge in [-0.15, -0.1) is 11.8 Å². The van der Waals surface area contributed by atoms with E-state index in [1.165, 1.54) is 24.3 Å². The lowest BCUT2D eigenvalue weighted by molar-refractivity contribution is 0.0698. The van der Waals surface area contributed by atoms with Crippen LogP contribution in [0.5, 0.6) is 0 Å². The molecule has 2 aromatic heterocycles. The topological polar surface area (TPSA) is 66.7 Å². The van der Waals surface area contributed by atoms with Gasteiger partial charge < -0.3 is 14.6 Å². The molecule has 2 amide bonds. The van der Waals surface area contributed by atoms with Crippen molar-refractivity contribution in [3.8, 4) is 0 Å². The number of nitrogens with zero attached hydrogens (tertiary/aromatic N) is 3. The molecular formula is C27H25FN4O2S. The number of pyridine rings is 1. The maximum atomic E-state index is 13.1. The monoisotopic (exact) mass is 488 g/mol. The van der Waals surface area contributed by atoms with Crippen molar-refractivity contribution < 1.29 is 14.0 Å². The van der Waals surface area contributed by atoms with Crippen molar-refractivity contribution in [2.75, 3.05) is 13.1 Å². The van der Waals surface area contributed by atoms with Gasteiger partial charge in [-0.25, -0.2) is 9.37 Å². The van der Waals surface area contributed by atoms with Gasteiger partial charge in [0.05, 0.1) is 5.69 Å². The van der Waals surface area contributed by atoms with Gasteiger partial charge in [0.15, 0.2) is 0 Å². The van der Waals surface area contributed by atoms with Crippen LogP contribution in [0.25, 0.3) is 5.65 Å². The number of imidazole rings is 1. The van der Waals surface area contributed by atoms with Crippen molar-refractivity contribution in [2.45, 2.75) is 29.5 Å². The highest BCUT2D eigenvalue weighted by atomic mass is 32.2. The molecule has 1 aliphatic heterocycles. The Labute approximate surface area is 207 Å². The molecule has 1 N–H and O–H groups in total. The number of amides is 2. The van der Waals surface area contributed by atoms with Crippen LogP contribution in [0.2, 0.25) is 0 Å². The van der Waals surface area contributed by atoms with Crippen LogP contribution in [0.3, 0.4) is 0 Å². The Kier molecular flexibility index (Phi) is 6.81. The molecule has 0 saturated carbocycles. The predicted molar refractivity (Wildman–Crippen MR) is 134 cm³/mol. The van der Waals surface area contributed by atoms with Gasteiger partial charge >= 0.3 is 0 Å². The number of halogens is 1. The maximum Gasteiger partial charge on any atom is 0.253 e. The lowest BCUT2D eigenvalue weighted by atomic mass is 10.0. The fourth-order valence-corrected chi connectivity index (χ4v) is 4.97. The van der Waals surface area contributed by atoms with Gasteiger partial charge in [0, 0.05) is 53.3 Å². The van der Waals surface area contributed by atoms with Crippen LogP contribution < -0.4 is 5.32 Å². The average Bonchev–Trinajstić information content (AvgIpc) is 3.31. The molecular weight excluding hydrogens is 463 g/mol. The Morgan fingerprint density at radius 3 is 2.40 bits per heavy atom. The molecule has 0 unspecified atom stereocenters. The summed E-state index contributed by atoms with van der Waals surface area (Å²) in [4.78, 5) is 32.9. The van der Waals surface area contributed by atoms with Crippen molar-refractivity contribution in [2.24, 2.45) is 0 Å². The average molecular weight is 489 g/mol. The minimum Gasteiger partial charge on any atom is -0.349 e. The van der Waals surface area contributed by atoms with E-state index in [4.69, 9.17) is 0 Å². The van der Waals surface area contributed by atoms with Crippen molar-refractivity contribution in [3.05, 3.63) is 102 Å². The second-order valence-electron chi connectivity index (χ2n) is 8.56. The van der Waals surface area contributed by atoms with E-state index in [0.717, 1.165) is 22.0 Å². The van der Waals surface area contributed by atoms with Crippen LogP contribution >= 0.6 is 11.8 Å². The SMILES string of the molecule is O=C(NC1CCN(C(=O)c2ccc(SCc3cn4ccccc4n3)cc2)CC1)c1ccc(F)cc1. The maximum absolute atomic E-state index is 13.1. The number of aromatic nitrogens is 2. The van der Waals surface area contributed by atoms with Gasteiger partial charge in [0.2, 0.25) is 0 Å². The zero-order valence-electron chi connectivity index (χ0n) is 19.1. The lowest BCUT2D eigenvalue weighted by Gasteiger charge is -2.32. The first-order chi connectivity index (χ1) is 17.0. The summed E-state index contributed by atoms with van der Waals surface area (Å²) in [7, 11) is 0. The first kappa shape index (κ1) is 23.1. The molecule has 0 radical (unpaired) electrons. The van der Waals surface area contributed by atoms with E-state index in [1.54, 1.807) is 11.8 Å². The van der Waals surface area contributed by atoms with Gasteiger partial charge in [0.25, 0.3) is 11.8 Å². The summed E-state index contributed by atoms with van der Waals surface area (Å²) >= 11 is 1.69. The van der Waals surface area contributed by atoms with E-state index >= 15 is 0 Å². The van der Waals surface area contributed by atoms with Gasteiger partial charge in [0.1, 0.15) is 11.5 Å². The largest absolute Gasteiger partial charge is 0.349 e. The third-order valence-corrected chi connectivity index (χ3v) is 7.17. The zero-order chi connectivity index (χ0) is 24.2. The standard InChI is InChI=1S/C27H25FN4O2S/c28-21-8-4-19(5-9-21)26(33)30-22-12-15-31(16-13-22)27(34)20-6-10-24(11-7-20)35-18-23-17-32-14-2-1-3-25(32)29-23/h1-11,14,17,22H,12-13,15-16,18H2,(H,30,33). The number of likely N-dealkylation sites (tertiary alicyclic amines) is 1. The third kappa shape index (κ3) is 5.54. The third-order valence-electron chi connectivity index (χ3n) is 6.13. The number of benzene rings is 2. The van der Waals surface area contributed by atoms with Crippen LogP contribution in [-0.4, -0.2) is 45.2 Å². The second kappa shape index (κ2) is 10.3.